The van der Waals surface area contributed by atoms with Crippen LogP contribution < -0.4 is 10.6 Å². The van der Waals surface area contributed by atoms with Crippen LogP contribution in [0.1, 0.15) is 34.6 Å². The van der Waals surface area contributed by atoms with E-state index in [0.717, 1.165) is 0 Å². The number of rotatable bonds is 4. The summed E-state index contributed by atoms with van der Waals surface area (Å²) in [6.07, 6.45) is 0.587. The quantitative estimate of drug-likeness (QED) is 0.296. The fourth-order valence-corrected chi connectivity index (χ4v) is 1.97. The lowest BCUT2D eigenvalue weighted by atomic mass is 10.1. The van der Waals surface area contributed by atoms with Crippen molar-refractivity contribution in [3.8, 4) is 0 Å². The molecule has 0 aliphatic carbocycles. The van der Waals surface area contributed by atoms with Gasteiger partial charge in [0.2, 0.25) is 0 Å². The second-order valence-corrected chi connectivity index (χ2v) is 5.82. The third-order valence-corrected chi connectivity index (χ3v) is 2.85. The van der Waals surface area contributed by atoms with Gasteiger partial charge in [0, 0.05) is 5.39 Å². The van der Waals surface area contributed by atoms with Crippen LogP contribution in [0.25, 0.3) is 10.9 Å². The predicted octanol–water partition coefficient (Wildman–Crippen LogP) is 5.07. The van der Waals surface area contributed by atoms with Crippen molar-refractivity contribution in [3.05, 3.63) is 40.6 Å². The SMILES string of the molecule is CBr.CC.CC(C)(C)OC(=O)NCNc1c([N+](=O)[O-])cnc2ccccc12. The van der Waals surface area contributed by atoms with Gasteiger partial charge in [-0.1, -0.05) is 48.0 Å². The second kappa shape index (κ2) is 12.1. The van der Waals surface area contributed by atoms with Crippen LogP contribution in [0.15, 0.2) is 30.5 Å². The number of amides is 1. The summed E-state index contributed by atoms with van der Waals surface area (Å²) in [6.45, 7) is 9.24. The molecule has 2 rings (SSSR count). The number of alkyl halides is 1. The van der Waals surface area contributed by atoms with E-state index in [9.17, 15) is 14.9 Å². The first-order valence-electron chi connectivity index (χ1n) is 8.38. The van der Waals surface area contributed by atoms with Crippen LogP contribution in [-0.4, -0.2) is 34.1 Å². The summed E-state index contributed by atoms with van der Waals surface area (Å²) in [5, 5.41) is 17.1. The van der Waals surface area contributed by atoms with Crippen LogP contribution in [0, 0.1) is 10.1 Å². The van der Waals surface area contributed by atoms with Crippen molar-refractivity contribution in [2.45, 2.75) is 40.2 Å². The van der Waals surface area contributed by atoms with E-state index in [2.05, 4.69) is 31.5 Å². The summed E-state index contributed by atoms with van der Waals surface area (Å²) >= 11 is 2.94. The highest BCUT2D eigenvalue weighted by Gasteiger charge is 2.19. The number of alkyl carbamates (subject to hydrolysis) is 1. The number of pyridine rings is 1. The molecule has 0 saturated carbocycles. The third kappa shape index (κ3) is 8.21. The Bertz CT molecular complexity index is 748. The summed E-state index contributed by atoms with van der Waals surface area (Å²) in [4.78, 5) is 26.3. The summed E-state index contributed by atoms with van der Waals surface area (Å²) in [5.74, 6) is 1.81. The first kappa shape index (κ1) is 24.6. The number of hydrogen-bond acceptors (Lipinski definition) is 6. The van der Waals surface area contributed by atoms with Crippen molar-refractivity contribution in [1.82, 2.24) is 10.3 Å². The van der Waals surface area contributed by atoms with E-state index < -0.39 is 16.6 Å². The molecule has 0 atom stereocenters. The minimum atomic E-state index is -0.612. The highest BCUT2D eigenvalue weighted by atomic mass is 79.9. The molecular weight excluding hydrogens is 416 g/mol. The van der Waals surface area contributed by atoms with Gasteiger partial charge in [-0.15, -0.1) is 0 Å². The molecule has 1 aromatic heterocycles. The maximum atomic E-state index is 11.6. The number of halogens is 1. The standard InChI is InChI=1S/C15H18N4O4.C2H6.CH3Br/c1-15(2,3)23-14(20)18-9-17-13-10-6-4-5-7-11(10)16-8-12(13)19(21)22;2*1-2/h4-8H,9H2,1-3H3,(H,16,17)(H,18,20);1-2H3;1H3. The zero-order valence-electron chi connectivity index (χ0n) is 16.5. The number of carbonyl (C=O) groups excluding carboxylic acids is 1. The molecule has 1 amide bonds. The van der Waals surface area contributed by atoms with E-state index in [1.807, 2.05) is 19.7 Å². The van der Waals surface area contributed by atoms with Gasteiger partial charge >= 0.3 is 11.8 Å². The van der Waals surface area contributed by atoms with Crippen LogP contribution in [-0.2, 0) is 4.74 Å². The first-order chi connectivity index (χ1) is 12.8. The lowest BCUT2D eigenvalue weighted by molar-refractivity contribution is -0.384. The molecule has 0 aliphatic heterocycles. The smallest absolute Gasteiger partial charge is 0.409 e. The van der Waals surface area contributed by atoms with Crippen LogP contribution in [0.2, 0.25) is 0 Å². The highest BCUT2D eigenvalue weighted by molar-refractivity contribution is 9.08. The Morgan fingerprint density at radius 1 is 1.26 bits per heavy atom. The number of nitrogens with zero attached hydrogens (tertiary/aromatic N) is 2. The van der Waals surface area contributed by atoms with Crippen molar-refractivity contribution in [2.75, 3.05) is 17.8 Å². The Labute approximate surface area is 168 Å². The molecule has 0 saturated heterocycles. The number of benzene rings is 1. The summed E-state index contributed by atoms with van der Waals surface area (Å²) in [5.41, 5.74) is 0.156. The van der Waals surface area contributed by atoms with Gasteiger partial charge in [-0.3, -0.25) is 10.1 Å². The molecule has 9 heteroatoms. The van der Waals surface area contributed by atoms with Crippen LogP contribution in [0.5, 0.6) is 0 Å². The molecule has 0 fully saturated rings. The van der Waals surface area contributed by atoms with E-state index in [1.54, 1.807) is 45.0 Å². The Hall–Kier alpha value is -2.42. The Kier molecular flexibility index (Phi) is 11.0. The van der Waals surface area contributed by atoms with Gasteiger partial charge in [-0.2, -0.15) is 0 Å². The Balaban J connectivity index is 0.00000158. The van der Waals surface area contributed by atoms with Crippen molar-refractivity contribution in [2.24, 2.45) is 0 Å². The van der Waals surface area contributed by atoms with Gasteiger partial charge in [-0.05, 0) is 32.7 Å². The number of carbonyl (C=O) groups is 1. The zero-order chi connectivity index (χ0) is 21.0. The van der Waals surface area contributed by atoms with Gasteiger partial charge in [0.15, 0.2) is 0 Å². The summed E-state index contributed by atoms with van der Waals surface area (Å²) in [7, 11) is 0. The molecular formula is C18H27BrN4O4. The summed E-state index contributed by atoms with van der Waals surface area (Å²) in [6, 6.07) is 7.04. The van der Waals surface area contributed by atoms with Crippen LogP contribution in [0.3, 0.4) is 0 Å². The number of anilines is 1. The zero-order valence-corrected chi connectivity index (χ0v) is 18.1. The monoisotopic (exact) mass is 442 g/mol. The molecule has 2 N–H and O–H groups in total. The molecule has 0 radical (unpaired) electrons. The number of para-hydroxylation sites is 1. The molecule has 0 aliphatic rings. The second-order valence-electron chi connectivity index (χ2n) is 5.82. The van der Waals surface area contributed by atoms with E-state index in [-0.39, 0.29) is 12.4 Å². The molecule has 0 bridgehead atoms. The fourth-order valence-electron chi connectivity index (χ4n) is 1.97. The Morgan fingerprint density at radius 3 is 2.41 bits per heavy atom. The number of nitro groups is 1. The number of hydrogen-bond donors (Lipinski definition) is 2. The van der Waals surface area contributed by atoms with Gasteiger partial charge in [0.25, 0.3) is 0 Å². The average Bonchev–Trinajstić information content (AvgIpc) is 2.63. The lowest BCUT2D eigenvalue weighted by Crippen LogP contribution is -2.35. The largest absolute Gasteiger partial charge is 0.444 e. The van der Waals surface area contributed by atoms with Gasteiger partial charge in [-0.25, -0.2) is 9.78 Å². The molecule has 1 aromatic carbocycles. The highest BCUT2D eigenvalue weighted by Crippen LogP contribution is 2.30. The van der Waals surface area contributed by atoms with Gasteiger partial charge < -0.3 is 15.4 Å². The first-order valence-corrected chi connectivity index (χ1v) is 9.97. The normalized spacial score (nSPS) is 9.89. The Morgan fingerprint density at radius 2 is 1.85 bits per heavy atom. The van der Waals surface area contributed by atoms with Gasteiger partial charge in [0.05, 0.1) is 17.1 Å². The fraction of sp³-hybridized carbons (Fsp3) is 0.444. The molecule has 8 nitrogen and oxygen atoms in total. The number of fused-ring (bicyclic) bond motifs is 1. The molecule has 2 aromatic rings. The van der Waals surface area contributed by atoms with E-state index in [4.69, 9.17) is 4.74 Å². The molecule has 0 spiro atoms. The van der Waals surface area contributed by atoms with Crippen LogP contribution >= 0.6 is 15.9 Å². The molecule has 150 valence electrons. The van der Waals surface area contributed by atoms with E-state index in [1.165, 1.54) is 6.20 Å². The van der Waals surface area contributed by atoms with Crippen molar-refractivity contribution < 1.29 is 14.5 Å². The number of nitrogens with one attached hydrogen (secondary N) is 2. The van der Waals surface area contributed by atoms with E-state index in [0.29, 0.717) is 16.6 Å². The van der Waals surface area contributed by atoms with E-state index >= 15 is 0 Å². The molecule has 0 unspecified atom stereocenters. The topological polar surface area (TPSA) is 106 Å². The maximum absolute atomic E-state index is 11.6. The predicted molar refractivity (Wildman–Crippen MR) is 112 cm³/mol. The third-order valence-electron chi connectivity index (χ3n) is 2.85. The number of ether oxygens (including phenoxy) is 1. The van der Waals surface area contributed by atoms with Crippen LogP contribution in [0.4, 0.5) is 16.2 Å². The van der Waals surface area contributed by atoms with Gasteiger partial charge in [0.1, 0.15) is 17.5 Å². The lowest BCUT2D eigenvalue weighted by Gasteiger charge is -2.20. The summed E-state index contributed by atoms with van der Waals surface area (Å²) < 4.78 is 5.10. The maximum Gasteiger partial charge on any atom is 0.409 e. The molecule has 1 heterocycles. The molecule has 27 heavy (non-hydrogen) atoms. The minimum Gasteiger partial charge on any atom is -0.444 e. The van der Waals surface area contributed by atoms with Crippen molar-refractivity contribution in [3.63, 3.8) is 0 Å². The minimum absolute atomic E-state index is 0.0102. The van der Waals surface area contributed by atoms with Crippen molar-refractivity contribution in [1.29, 1.82) is 0 Å². The van der Waals surface area contributed by atoms with Crippen molar-refractivity contribution >= 4 is 44.3 Å². The number of aromatic nitrogens is 1. The average molecular weight is 443 g/mol.